The molecule has 0 saturated carbocycles. The lowest BCUT2D eigenvalue weighted by Gasteiger charge is -2.15. The third-order valence-electron chi connectivity index (χ3n) is 6.21. The van der Waals surface area contributed by atoms with Gasteiger partial charge in [-0.3, -0.25) is 4.79 Å². The number of carbonyl (C=O) groups is 1. The minimum absolute atomic E-state index is 0.0341. The molecule has 0 bridgehead atoms. The predicted molar refractivity (Wildman–Crippen MR) is 142 cm³/mol. The first-order chi connectivity index (χ1) is 17.0. The number of hydrogen-bond acceptors (Lipinski definition) is 3. The normalized spacial score (nSPS) is 11.2. The summed E-state index contributed by atoms with van der Waals surface area (Å²) in [7, 11) is 0. The van der Waals surface area contributed by atoms with E-state index in [4.69, 9.17) is 9.72 Å². The number of carbonyl (C=O) groups excluding carboxylic acids is 1. The molecule has 5 heteroatoms. The molecule has 35 heavy (non-hydrogen) atoms. The molecule has 0 unspecified atom stereocenters. The van der Waals surface area contributed by atoms with Crippen molar-refractivity contribution in [2.45, 2.75) is 52.5 Å². The van der Waals surface area contributed by atoms with Gasteiger partial charge in [-0.2, -0.15) is 0 Å². The molecule has 182 valence electrons. The largest absolute Gasteiger partial charge is 0.493 e. The van der Waals surface area contributed by atoms with Crippen LogP contribution >= 0.6 is 0 Å². The first-order valence-corrected chi connectivity index (χ1v) is 12.5. The zero-order valence-electron chi connectivity index (χ0n) is 21.0. The third kappa shape index (κ3) is 6.30. The van der Waals surface area contributed by atoms with Crippen LogP contribution in [0.4, 0.5) is 0 Å². The van der Waals surface area contributed by atoms with E-state index in [-0.39, 0.29) is 5.91 Å². The van der Waals surface area contributed by atoms with Crippen molar-refractivity contribution in [3.63, 3.8) is 0 Å². The van der Waals surface area contributed by atoms with Gasteiger partial charge in [0, 0.05) is 25.1 Å². The molecule has 0 radical (unpaired) electrons. The zero-order chi connectivity index (χ0) is 24.6. The number of rotatable bonds is 11. The summed E-state index contributed by atoms with van der Waals surface area (Å²) >= 11 is 0. The van der Waals surface area contributed by atoms with Crippen molar-refractivity contribution in [2.24, 2.45) is 0 Å². The third-order valence-corrected chi connectivity index (χ3v) is 6.21. The number of nitrogens with one attached hydrogen (secondary N) is 1. The molecule has 0 aliphatic carbocycles. The summed E-state index contributed by atoms with van der Waals surface area (Å²) in [6, 6.07) is 24.1. The minimum atomic E-state index is -0.0341. The van der Waals surface area contributed by atoms with Crippen LogP contribution in [-0.2, 0) is 13.0 Å². The molecule has 0 atom stereocenters. The summed E-state index contributed by atoms with van der Waals surface area (Å²) in [5.74, 6) is 2.44. The fraction of sp³-hybridized carbons (Fsp3) is 0.333. The van der Waals surface area contributed by atoms with Crippen LogP contribution in [0.5, 0.6) is 5.75 Å². The van der Waals surface area contributed by atoms with E-state index < -0.39 is 0 Å². The van der Waals surface area contributed by atoms with Crippen molar-refractivity contribution in [3.05, 3.63) is 95.3 Å². The van der Waals surface area contributed by atoms with Gasteiger partial charge in [0.25, 0.3) is 5.91 Å². The lowest BCUT2D eigenvalue weighted by Crippen LogP contribution is -2.24. The van der Waals surface area contributed by atoms with Crippen molar-refractivity contribution in [1.29, 1.82) is 0 Å². The summed E-state index contributed by atoms with van der Waals surface area (Å²) in [5, 5.41) is 3.02. The Balaban J connectivity index is 1.35. The highest BCUT2D eigenvalue weighted by Crippen LogP contribution is 2.27. The minimum Gasteiger partial charge on any atom is -0.493 e. The van der Waals surface area contributed by atoms with E-state index in [1.807, 2.05) is 36.4 Å². The molecule has 0 saturated heterocycles. The van der Waals surface area contributed by atoms with Gasteiger partial charge in [-0.25, -0.2) is 4.98 Å². The Bertz CT molecular complexity index is 1260. The molecule has 1 N–H and O–H groups in total. The number of nitrogens with zero attached hydrogens (tertiary/aromatic N) is 2. The van der Waals surface area contributed by atoms with Crippen LogP contribution in [0.25, 0.3) is 11.0 Å². The first kappa shape index (κ1) is 24.5. The van der Waals surface area contributed by atoms with Gasteiger partial charge in [0.05, 0.1) is 17.6 Å². The number of imidazole rings is 1. The highest BCUT2D eigenvalue weighted by Gasteiger charge is 2.12. The molecular formula is C30H35N3O2. The molecule has 4 aromatic rings. The van der Waals surface area contributed by atoms with Gasteiger partial charge >= 0.3 is 0 Å². The Morgan fingerprint density at radius 2 is 1.77 bits per heavy atom. The second kappa shape index (κ2) is 11.7. The maximum Gasteiger partial charge on any atom is 0.251 e. The predicted octanol–water partition coefficient (Wildman–Crippen LogP) is 6.30. The van der Waals surface area contributed by atoms with Crippen LogP contribution < -0.4 is 10.1 Å². The second-order valence-electron chi connectivity index (χ2n) is 9.29. The van der Waals surface area contributed by atoms with Gasteiger partial charge in [0.15, 0.2) is 0 Å². The molecule has 0 aliphatic rings. The Labute approximate surface area is 208 Å². The Morgan fingerprint density at radius 3 is 2.57 bits per heavy atom. The van der Waals surface area contributed by atoms with Gasteiger partial charge in [0.2, 0.25) is 0 Å². The number of amides is 1. The van der Waals surface area contributed by atoms with Crippen molar-refractivity contribution >= 4 is 16.9 Å². The topological polar surface area (TPSA) is 56.1 Å². The number of hydrogen-bond donors (Lipinski definition) is 1. The number of aromatic nitrogens is 2. The lowest BCUT2D eigenvalue weighted by atomic mass is 10.0. The second-order valence-corrected chi connectivity index (χ2v) is 9.29. The van der Waals surface area contributed by atoms with Gasteiger partial charge in [-0.15, -0.1) is 0 Å². The van der Waals surface area contributed by atoms with E-state index in [1.165, 1.54) is 11.1 Å². The molecule has 3 aromatic carbocycles. The molecule has 1 heterocycles. The fourth-order valence-electron chi connectivity index (χ4n) is 4.35. The highest BCUT2D eigenvalue weighted by atomic mass is 16.5. The van der Waals surface area contributed by atoms with Crippen molar-refractivity contribution in [2.75, 3.05) is 13.2 Å². The molecule has 0 spiro atoms. The van der Waals surface area contributed by atoms with Gasteiger partial charge < -0.3 is 14.6 Å². The molecule has 1 aromatic heterocycles. The summed E-state index contributed by atoms with van der Waals surface area (Å²) in [6.07, 6.45) is 2.53. The summed E-state index contributed by atoms with van der Waals surface area (Å²) in [6.45, 7) is 8.61. The van der Waals surface area contributed by atoms with Crippen LogP contribution in [0.2, 0.25) is 0 Å². The molecule has 0 fully saturated rings. The molecule has 4 rings (SSSR count). The Kier molecular flexibility index (Phi) is 8.19. The van der Waals surface area contributed by atoms with E-state index in [9.17, 15) is 4.79 Å². The number of ether oxygens (including phenoxy) is 1. The summed E-state index contributed by atoms with van der Waals surface area (Å²) < 4.78 is 8.52. The molecule has 5 nitrogen and oxygen atoms in total. The number of para-hydroxylation sites is 2. The van der Waals surface area contributed by atoms with Crippen molar-refractivity contribution in [1.82, 2.24) is 14.9 Å². The number of aryl methyl sites for hydroxylation is 3. The van der Waals surface area contributed by atoms with E-state index in [0.29, 0.717) is 24.6 Å². The number of benzene rings is 3. The molecular weight excluding hydrogens is 434 g/mol. The van der Waals surface area contributed by atoms with E-state index in [1.54, 1.807) is 0 Å². The first-order valence-electron chi connectivity index (χ1n) is 12.5. The molecule has 0 aliphatic heterocycles. The van der Waals surface area contributed by atoms with Gasteiger partial charge in [-0.1, -0.05) is 56.3 Å². The summed E-state index contributed by atoms with van der Waals surface area (Å²) in [4.78, 5) is 17.2. The maximum absolute atomic E-state index is 12.3. The van der Waals surface area contributed by atoms with Crippen LogP contribution in [0, 0.1) is 6.92 Å². The quantitative estimate of drug-likeness (QED) is 0.262. The van der Waals surface area contributed by atoms with Gasteiger partial charge in [-0.05, 0) is 67.1 Å². The van der Waals surface area contributed by atoms with E-state index in [2.05, 4.69) is 67.1 Å². The number of fused-ring (bicyclic) bond motifs is 1. The van der Waals surface area contributed by atoms with Crippen LogP contribution in [-0.4, -0.2) is 28.6 Å². The van der Waals surface area contributed by atoms with Crippen LogP contribution in [0.1, 0.15) is 59.9 Å². The SMILES string of the molecule is Cc1ccc(C(C)C)c(OCCCn2c(CCCNC(=O)c3ccccc3)nc3ccccc32)c1. The standard InChI is InChI=1S/C30H35N3O2/c1-22(2)25-17-16-23(3)21-28(25)35-20-10-19-33-27-14-8-7-13-26(27)32-29(33)15-9-18-31-30(34)24-11-5-4-6-12-24/h4-8,11-14,16-17,21-22H,9-10,15,18-20H2,1-3H3,(H,31,34). The van der Waals surface area contributed by atoms with E-state index in [0.717, 1.165) is 48.4 Å². The fourth-order valence-corrected chi connectivity index (χ4v) is 4.35. The lowest BCUT2D eigenvalue weighted by molar-refractivity contribution is 0.0953. The monoisotopic (exact) mass is 469 g/mol. The van der Waals surface area contributed by atoms with Crippen molar-refractivity contribution in [3.8, 4) is 5.75 Å². The Morgan fingerprint density at radius 1 is 1.00 bits per heavy atom. The highest BCUT2D eigenvalue weighted by molar-refractivity contribution is 5.94. The molecule has 1 amide bonds. The van der Waals surface area contributed by atoms with Crippen molar-refractivity contribution < 1.29 is 9.53 Å². The van der Waals surface area contributed by atoms with E-state index >= 15 is 0 Å². The van der Waals surface area contributed by atoms with Crippen LogP contribution in [0.15, 0.2) is 72.8 Å². The summed E-state index contributed by atoms with van der Waals surface area (Å²) in [5.41, 5.74) is 5.31. The Hall–Kier alpha value is -3.60. The van der Waals surface area contributed by atoms with Gasteiger partial charge in [0.1, 0.15) is 11.6 Å². The average molecular weight is 470 g/mol. The van der Waals surface area contributed by atoms with Crippen LogP contribution in [0.3, 0.4) is 0 Å². The average Bonchev–Trinajstić information content (AvgIpc) is 3.22. The smallest absolute Gasteiger partial charge is 0.251 e. The maximum atomic E-state index is 12.3. The zero-order valence-corrected chi connectivity index (χ0v) is 21.0.